The highest BCUT2D eigenvalue weighted by Gasteiger charge is 2.17. The summed E-state index contributed by atoms with van der Waals surface area (Å²) in [4.78, 5) is 6.54. The van der Waals surface area contributed by atoms with Crippen LogP contribution in [0.4, 0.5) is 5.69 Å². The third kappa shape index (κ3) is 1.66. The molecule has 1 aromatic carbocycles. The van der Waals surface area contributed by atoms with Crippen LogP contribution in [0.1, 0.15) is 5.82 Å². The Hall–Kier alpha value is -1.60. The van der Waals surface area contributed by atoms with Crippen LogP contribution >= 0.6 is 0 Å². The second kappa shape index (κ2) is 2.94. The van der Waals surface area contributed by atoms with Gasteiger partial charge in [0.25, 0.3) is 10.1 Å². The van der Waals surface area contributed by atoms with Gasteiger partial charge in [0, 0.05) is 5.69 Å². The Morgan fingerprint density at radius 3 is 2.73 bits per heavy atom. The maximum absolute atomic E-state index is 11.1. The van der Waals surface area contributed by atoms with E-state index in [4.69, 9.17) is 10.3 Å². The standard InChI is InChI=1S/C8H9N3O3S/c1-4-10-6-2-5(9)3-7(8(6)11-4)15(12,13)14/h2-3H,9H2,1H3,(H,10,11)(H,12,13,14). The van der Waals surface area contributed by atoms with E-state index in [9.17, 15) is 8.42 Å². The Kier molecular flexibility index (Phi) is 1.95. The zero-order valence-corrected chi connectivity index (χ0v) is 8.67. The molecule has 0 atom stereocenters. The second-order valence-corrected chi connectivity index (χ2v) is 4.60. The van der Waals surface area contributed by atoms with Crippen LogP contribution in [0.15, 0.2) is 17.0 Å². The van der Waals surface area contributed by atoms with Crippen molar-refractivity contribution in [3.05, 3.63) is 18.0 Å². The molecular formula is C8H9N3O3S. The van der Waals surface area contributed by atoms with Crippen molar-refractivity contribution in [2.24, 2.45) is 0 Å². The van der Waals surface area contributed by atoms with Gasteiger partial charge in [0.15, 0.2) is 0 Å². The fourth-order valence-electron chi connectivity index (χ4n) is 1.43. The molecule has 80 valence electrons. The molecule has 0 radical (unpaired) electrons. The first-order valence-corrected chi connectivity index (χ1v) is 5.55. The van der Waals surface area contributed by atoms with Gasteiger partial charge in [-0.05, 0) is 19.1 Å². The number of aryl methyl sites for hydroxylation is 1. The van der Waals surface area contributed by atoms with Crippen molar-refractivity contribution in [2.75, 3.05) is 5.73 Å². The molecule has 0 saturated carbocycles. The van der Waals surface area contributed by atoms with Gasteiger partial charge in [-0.15, -0.1) is 0 Å². The van der Waals surface area contributed by atoms with Gasteiger partial charge in [-0.2, -0.15) is 8.42 Å². The SMILES string of the molecule is Cc1nc2c(S(=O)(=O)O)cc(N)cc2[nH]1. The number of nitrogens with two attached hydrogens (primary N) is 1. The molecular weight excluding hydrogens is 218 g/mol. The van der Waals surface area contributed by atoms with E-state index in [-0.39, 0.29) is 16.1 Å². The predicted molar refractivity (Wildman–Crippen MR) is 55.1 cm³/mol. The van der Waals surface area contributed by atoms with E-state index < -0.39 is 10.1 Å². The number of benzene rings is 1. The lowest BCUT2D eigenvalue weighted by atomic mass is 10.3. The Bertz CT molecular complexity index is 630. The average Bonchev–Trinajstić information content (AvgIpc) is 2.41. The summed E-state index contributed by atoms with van der Waals surface area (Å²) in [5.74, 6) is 0.556. The fourth-order valence-corrected chi connectivity index (χ4v) is 2.11. The normalized spacial score (nSPS) is 12.1. The number of nitrogens with one attached hydrogen (secondary N) is 1. The van der Waals surface area contributed by atoms with Crippen molar-refractivity contribution in [1.29, 1.82) is 0 Å². The van der Waals surface area contributed by atoms with E-state index in [1.54, 1.807) is 13.0 Å². The zero-order valence-electron chi connectivity index (χ0n) is 7.85. The molecule has 0 aliphatic carbocycles. The molecule has 1 heterocycles. The minimum absolute atomic E-state index is 0.198. The number of aromatic nitrogens is 2. The summed E-state index contributed by atoms with van der Waals surface area (Å²) < 4.78 is 31.1. The minimum atomic E-state index is -4.30. The van der Waals surface area contributed by atoms with Gasteiger partial charge in [0.1, 0.15) is 16.2 Å². The lowest BCUT2D eigenvalue weighted by molar-refractivity contribution is 0.484. The lowest BCUT2D eigenvalue weighted by Crippen LogP contribution is -2.00. The molecule has 0 saturated heterocycles. The van der Waals surface area contributed by atoms with Crippen LogP contribution in [-0.2, 0) is 10.1 Å². The van der Waals surface area contributed by atoms with Crippen LogP contribution in [0.3, 0.4) is 0 Å². The molecule has 1 aromatic heterocycles. The van der Waals surface area contributed by atoms with E-state index in [2.05, 4.69) is 9.97 Å². The number of nitrogens with zero attached hydrogens (tertiary/aromatic N) is 1. The van der Waals surface area contributed by atoms with Crippen LogP contribution in [-0.4, -0.2) is 22.9 Å². The van der Waals surface area contributed by atoms with Gasteiger partial charge >= 0.3 is 0 Å². The Labute approximate surface area is 85.9 Å². The van der Waals surface area contributed by atoms with E-state index in [1.807, 2.05) is 0 Å². The van der Waals surface area contributed by atoms with Gasteiger partial charge in [0.05, 0.1) is 5.52 Å². The van der Waals surface area contributed by atoms with E-state index >= 15 is 0 Å². The smallest absolute Gasteiger partial charge is 0.296 e. The topological polar surface area (TPSA) is 109 Å². The van der Waals surface area contributed by atoms with E-state index in [0.29, 0.717) is 11.3 Å². The molecule has 0 aliphatic rings. The Balaban J connectivity index is 2.94. The number of fused-ring (bicyclic) bond motifs is 1. The largest absolute Gasteiger partial charge is 0.399 e. The molecule has 0 aliphatic heterocycles. The summed E-state index contributed by atoms with van der Waals surface area (Å²) in [6.45, 7) is 1.68. The quantitative estimate of drug-likeness (QED) is 0.490. The zero-order chi connectivity index (χ0) is 11.2. The van der Waals surface area contributed by atoms with Crippen molar-refractivity contribution in [3.63, 3.8) is 0 Å². The fraction of sp³-hybridized carbons (Fsp3) is 0.125. The maximum Gasteiger partial charge on any atom is 0.296 e. The highest BCUT2D eigenvalue weighted by molar-refractivity contribution is 7.86. The Morgan fingerprint density at radius 1 is 1.47 bits per heavy atom. The van der Waals surface area contributed by atoms with Gasteiger partial charge in [-0.3, -0.25) is 4.55 Å². The van der Waals surface area contributed by atoms with Crippen molar-refractivity contribution < 1.29 is 13.0 Å². The number of anilines is 1. The number of rotatable bonds is 1. The maximum atomic E-state index is 11.1. The van der Waals surface area contributed by atoms with Gasteiger partial charge in [-0.25, -0.2) is 4.98 Å². The van der Waals surface area contributed by atoms with E-state index in [0.717, 1.165) is 0 Å². The first kappa shape index (κ1) is 9.94. The summed E-state index contributed by atoms with van der Waals surface area (Å²) in [6, 6.07) is 2.74. The summed E-state index contributed by atoms with van der Waals surface area (Å²) >= 11 is 0. The first-order chi connectivity index (χ1) is 6.88. The van der Waals surface area contributed by atoms with E-state index in [1.165, 1.54) is 6.07 Å². The highest BCUT2D eigenvalue weighted by atomic mass is 32.2. The molecule has 2 aromatic rings. The van der Waals surface area contributed by atoms with Crippen LogP contribution in [0.2, 0.25) is 0 Å². The molecule has 0 fully saturated rings. The molecule has 0 unspecified atom stereocenters. The average molecular weight is 227 g/mol. The molecule has 0 amide bonds. The van der Waals surface area contributed by atoms with Crippen LogP contribution in [0.5, 0.6) is 0 Å². The number of H-pyrrole nitrogens is 1. The molecule has 2 rings (SSSR count). The molecule has 6 nitrogen and oxygen atoms in total. The van der Waals surface area contributed by atoms with Crippen molar-refractivity contribution in [1.82, 2.24) is 9.97 Å². The summed E-state index contributed by atoms with van der Waals surface area (Å²) in [6.07, 6.45) is 0. The highest BCUT2D eigenvalue weighted by Crippen LogP contribution is 2.24. The first-order valence-electron chi connectivity index (χ1n) is 4.11. The predicted octanol–water partition coefficient (Wildman–Crippen LogP) is 0.700. The lowest BCUT2D eigenvalue weighted by Gasteiger charge is -1.99. The van der Waals surface area contributed by atoms with Gasteiger partial charge in [-0.1, -0.05) is 0 Å². The van der Waals surface area contributed by atoms with Gasteiger partial charge < -0.3 is 10.7 Å². The van der Waals surface area contributed by atoms with Crippen LogP contribution in [0, 0.1) is 6.92 Å². The van der Waals surface area contributed by atoms with Crippen LogP contribution < -0.4 is 5.73 Å². The molecule has 7 heteroatoms. The molecule has 0 spiro atoms. The monoisotopic (exact) mass is 227 g/mol. The van der Waals surface area contributed by atoms with Crippen molar-refractivity contribution in [2.45, 2.75) is 11.8 Å². The number of aromatic amines is 1. The minimum Gasteiger partial charge on any atom is -0.399 e. The number of nitrogen functional groups attached to an aromatic ring is 1. The van der Waals surface area contributed by atoms with Crippen LogP contribution in [0.25, 0.3) is 11.0 Å². The summed E-state index contributed by atoms with van der Waals surface area (Å²) in [5, 5.41) is 0. The molecule has 4 N–H and O–H groups in total. The number of hydrogen-bond donors (Lipinski definition) is 3. The number of imidazole rings is 1. The molecule has 0 bridgehead atoms. The van der Waals surface area contributed by atoms with Gasteiger partial charge in [0.2, 0.25) is 0 Å². The Morgan fingerprint density at radius 2 is 2.13 bits per heavy atom. The summed E-state index contributed by atoms with van der Waals surface area (Å²) in [7, 11) is -4.30. The third-order valence-corrected chi connectivity index (χ3v) is 2.84. The van der Waals surface area contributed by atoms with Crippen molar-refractivity contribution in [3.8, 4) is 0 Å². The second-order valence-electron chi connectivity index (χ2n) is 3.21. The molecule has 15 heavy (non-hydrogen) atoms. The van der Waals surface area contributed by atoms with Crippen molar-refractivity contribution >= 4 is 26.8 Å². The third-order valence-electron chi connectivity index (χ3n) is 1.97. The summed E-state index contributed by atoms with van der Waals surface area (Å²) in [5.41, 5.74) is 6.44. The number of hydrogen-bond acceptors (Lipinski definition) is 4.